The molecule has 0 unspecified atom stereocenters. The van der Waals surface area contributed by atoms with Crippen molar-refractivity contribution in [2.45, 2.75) is 25.4 Å². The molecule has 0 radical (unpaired) electrons. The molecule has 0 spiro atoms. The third-order valence-electron chi connectivity index (χ3n) is 2.24. The lowest BCUT2D eigenvalue weighted by atomic mass is 10.3. The van der Waals surface area contributed by atoms with Crippen LogP contribution in [0.5, 0.6) is 0 Å². The van der Waals surface area contributed by atoms with Crippen molar-refractivity contribution in [1.82, 2.24) is 0 Å². The highest BCUT2D eigenvalue weighted by molar-refractivity contribution is 7.16. The standard InChI is InChI=1S/C9H8F3NOS/c10-9(11,12)8(14)13-7-4-5-2-1-3-6(5)15-7/h4H,1-3H2,(H,13,14). The maximum absolute atomic E-state index is 11.9. The Kier molecular flexibility index (Phi) is 2.46. The number of anilines is 1. The Hall–Kier alpha value is -1.04. The second kappa shape index (κ2) is 3.52. The summed E-state index contributed by atoms with van der Waals surface area (Å²) in [5.41, 5.74) is 1.07. The molecule has 1 N–H and O–H groups in total. The molecule has 0 atom stereocenters. The van der Waals surface area contributed by atoms with Crippen LogP contribution < -0.4 is 5.32 Å². The molecule has 0 fully saturated rings. The van der Waals surface area contributed by atoms with Crippen molar-refractivity contribution in [3.05, 3.63) is 16.5 Å². The van der Waals surface area contributed by atoms with E-state index in [-0.39, 0.29) is 0 Å². The minimum atomic E-state index is -4.81. The largest absolute Gasteiger partial charge is 0.471 e. The average Bonchev–Trinajstić information content (AvgIpc) is 2.61. The molecule has 1 aromatic rings. The SMILES string of the molecule is O=C(Nc1cc2c(s1)CCC2)C(F)(F)F. The van der Waals surface area contributed by atoms with Crippen molar-refractivity contribution in [2.24, 2.45) is 0 Å². The molecular formula is C9H8F3NOS. The summed E-state index contributed by atoms with van der Waals surface area (Å²) < 4.78 is 35.8. The smallest absolute Gasteiger partial charge is 0.310 e. The van der Waals surface area contributed by atoms with Crippen LogP contribution in [-0.4, -0.2) is 12.1 Å². The van der Waals surface area contributed by atoms with Crippen LogP contribution in [0.1, 0.15) is 16.9 Å². The molecule has 0 aromatic carbocycles. The first-order chi connectivity index (χ1) is 6.97. The number of nitrogens with one attached hydrogen (secondary N) is 1. The zero-order valence-corrected chi connectivity index (χ0v) is 8.47. The number of thiophene rings is 1. The topological polar surface area (TPSA) is 29.1 Å². The Morgan fingerprint density at radius 1 is 1.40 bits per heavy atom. The van der Waals surface area contributed by atoms with Crippen molar-refractivity contribution in [2.75, 3.05) is 5.32 Å². The highest BCUT2D eigenvalue weighted by Gasteiger charge is 2.39. The quantitative estimate of drug-likeness (QED) is 0.796. The fourth-order valence-corrected chi connectivity index (χ4v) is 2.72. The van der Waals surface area contributed by atoms with Crippen LogP contribution in [0, 0.1) is 0 Å². The van der Waals surface area contributed by atoms with Gasteiger partial charge in [0.25, 0.3) is 0 Å². The Balaban J connectivity index is 2.09. The third-order valence-corrected chi connectivity index (χ3v) is 3.39. The summed E-state index contributed by atoms with van der Waals surface area (Å²) in [6.07, 6.45) is -1.96. The summed E-state index contributed by atoms with van der Waals surface area (Å²) in [5.74, 6) is -1.90. The normalized spacial score (nSPS) is 15.1. The summed E-state index contributed by atoms with van der Waals surface area (Å²) in [6.45, 7) is 0. The van der Waals surface area contributed by atoms with Gasteiger partial charge in [-0.05, 0) is 30.9 Å². The van der Waals surface area contributed by atoms with E-state index in [1.807, 2.05) is 5.32 Å². The van der Waals surface area contributed by atoms with Crippen molar-refractivity contribution >= 4 is 22.2 Å². The van der Waals surface area contributed by atoms with E-state index < -0.39 is 12.1 Å². The van der Waals surface area contributed by atoms with Crippen molar-refractivity contribution < 1.29 is 18.0 Å². The number of fused-ring (bicyclic) bond motifs is 1. The van der Waals surface area contributed by atoms with Gasteiger partial charge < -0.3 is 5.32 Å². The second-order valence-electron chi connectivity index (χ2n) is 3.36. The monoisotopic (exact) mass is 235 g/mol. The zero-order valence-electron chi connectivity index (χ0n) is 7.65. The lowest BCUT2D eigenvalue weighted by molar-refractivity contribution is -0.167. The minimum Gasteiger partial charge on any atom is -0.310 e. The van der Waals surface area contributed by atoms with Gasteiger partial charge in [0, 0.05) is 4.88 Å². The Bertz CT molecular complexity index is 375. The molecule has 1 heterocycles. The Morgan fingerprint density at radius 2 is 2.13 bits per heavy atom. The molecule has 0 aliphatic heterocycles. The fourth-order valence-electron chi connectivity index (χ4n) is 1.57. The molecule has 0 saturated heterocycles. The van der Waals surface area contributed by atoms with Crippen molar-refractivity contribution in [3.63, 3.8) is 0 Å². The first-order valence-electron chi connectivity index (χ1n) is 4.46. The van der Waals surface area contributed by atoms with Gasteiger partial charge in [0.05, 0.1) is 5.00 Å². The van der Waals surface area contributed by atoms with E-state index in [1.54, 1.807) is 6.07 Å². The lowest BCUT2D eigenvalue weighted by Gasteiger charge is -2.05. The van der Waals surface area contributed by atoms with Crippen LogP contribution in [0.2, 0.25) is 0 Å². The van der Waals surface area contributed by atoms with Crippen LogP contribution in [-0.2, 0) is 17.6 Å². The first-order valence-corrected chi connectivity index (χ1v) is 5.28. The molecule has 6 heteroatoms. The molecule has 1 aliphatic carbocycles. The molecule has 1 aromatic heterocycles. The number of halogens is 3. The van der Waals surface area contributed by atoms with Gasteiger partial charge in [0.2, 0.25) is 0 Å². The van der Waals surface area contributed by atoms with Crippen LogP contribution >= 0.6 is 11.3 Å². The fraction of sp³-hybridized carbons (Fsp3) is 0.444. The zero-order chi connectivity index (χ0) is 11.1. The van der Waals surface area contributed by atoms with E-state index in [9.17, 15) is 18.0 Å². The molecule has 1 aliphatic rings. The summed E-state index contributed by atoms with van der Waals surface area (Å²) in [7, 11) is 0. The molecule has 82 valence electrons. The number of amides is 1. The molecule has 2 nitrogen and oxygen atoms in total. The minimum absolute atomic E-state index is 0.294. The number of alkyl halides is 3. The molecule has 15 heavy (non-hydrogen) atoms. The summed E-state index contributed by atoms with van der Waals surface area (Å²) in [6, 6.07) is 1.64. The van der Waals surface area contributed by atoms with Crippen LogP contribution in [0.25, 0.3) is 0 Å². The van der Waals surface area contributed by atoms with Gasteiger partial charge >= 0.3 is 12.1 Å². The van der Waals surface area contributed by atoms with Gasteiger partial charge in [-0.1, -0.05) is 0 Å². The highest BCUT2D eigenvalue weighted by atomic mass is 32.1. The molecule has 0 saturated carbocycles. The number of carbonyl (C=O) groups is 1. The predicted octanol–water partition coefficient (Wildman–Crippen LogP) is 2.74. The molecule has 2 rings (SSSR count). The number of hydrogen-bond donors (Lipinski definition) is 1. The average molecular weight is 235 g/mol. The highest BCUT2D eigenvalue weighted by Crippen LogP contribution is 2.34. The summed E-state index contributed by atoms with van der Waals surface area (Å²) in [4.78, 5) is 11.7. The van der Waals surface area contributed by atoms with Gasteiger partial charge in [0.1, 0.15) is 0 Å². The number of aryl methyl sites for hydroxylation is 2. The van der Waals surface area contributed by atoms with Gasteiger partial charge in [0.15, 0.2) is 0 Å². The van der Waals surface area contributed by atoms with E-state index in [0.717, 1.165) is 29.7 Å². The van der Waals surface area contributed by atoms with Crippen molar-refractivity contribution in [3.8, 4) is 0 Å². The van der Waals surface area contributed by atoms with E-state index in [0.29, 0.717) is 5.00 Å². The molecule has 0 bridgehead atoms. The number of carbonyl (C=O) groups excluding carboxylic acids is 1. The van der Waals surface area contributed by atoms with Gasteiger partial charge in [-0.2, -0.15) is 13.2 Å². The third kappa shape index (κ3) is 2.14. The van der Waals surface area contributed by atoms with Crippen LogP contribution in [0.15, 0.2) is 6.07 Å². The maximum Gasteiger partial charge on any atom is 0.471 e. The summed E-state index contributed by atoms with van der Waals surface area (Å²) >= 11 is 1.23. The van der Waals surface area contributed by atoms with Gasteiger partial charge in [-0.25, -0.2) is 0 Å². The second-order valence-corrected chi connectivity index (χ2v) is 4.50. The van der Waals surface area contributed by atoms with E-state index in [4.69, 9.17) is 0 Å². The summed E-state index contributed by atoms with van der Waals surface area (Å²) in [5, 5.41) is 2.16. The lowest BCUT2D eigenvalue weighted by Crippen LogP contribution is -2.29. The van der Waals surface area contributed by atoms with Gasteiger partial charge in [-0.15, -0.1) is 11.3 Å². The van der Waals surface area contributed by atoms with E-state index in [1.165, 1.54) is 11.3 Å². The van der Waals surface area contributed by atoms with E-state index >= 15 is 0 Å². The molecular weight excluding hydrogens is 227 g/mol. The van der Waals surface area contributed by atoms with Crippen molar-refractivity contribution in [1.29, 1.82) is 0 Å². The maximum atomic E-state index is 11.9. The number of hydrogen-bond acceptors (Lipinski definition) is 2. The van der Waals surface area contributed by atoms with E-state index in [2.05, 4.69) is 0 Å². The Labute approximate surface area is 88.1 Å². The number of rotatable bonds is 1. The Morgan fingerprint density at radius 3 is 2.73 bits per heavy atom. The molecule has 1 amide bonds. The predicted molar refractivity (Wildman–Crippen MR) is 51.0 cm³/mol. The van der Waals surface area contributed by atoms with Gasteiger partial charge in [-0.3, -0.25) is 4.79 Å². The van der Waals surface area contributed by atoms with Crippen LogP contribution in [0.4, 0.5) is 18.2 Å². The van der Waals surface area contributed by atoms with Crippen LogP contribution in [0.3, 0.4) is 0 Å². The first kappa shape index (κ1) is 10.5.